The lowest BCUT2D eigenvalue weighted by Crippen LogP contribution is -2.33. The van der Waals surface area contributed by atoms with Crippen molar-refractivity contribution >= 4 is 178 Å². The van der Waals surface area contributed by atoms with E-state index in [2.05, 4.69) is 92.4 Å². The number of fused-ring (bicyclic) bond motifs is 2. The number of rotatable bonds is 23. The number of hydrogen-bond acceptors (Lipinski definition) is 25. The summed E-state index contributed by atoms with van der Waals surface area (Å²) in [4.78, 5) is 42.4. The van der Waals surface area contributed by atoms with Crippen LogP contribution >= 0.6 is 58.9 Å². The number of aromatic nitrogens is 10. The van der Waals surface area contributed by atoms with Crippen LogP contribution in [0.25, 0.3) is 0 Å². The smallest absolute Gasteiger partial charge is 0.367 e. The van der Waals surface area contributed by atoms with Gasteiger partial charge in [0, 0.05) is 140 Å². The van der Waals surface area contributed by atoms with E-state index in [4.69, 9.17) is 23.2 Å². The highest BCUT2D eigenvalue weighted by Gasteiger charge is 2.44. The van der Waals surface area contributed by atoms with Crippen LogP contribution in [0, 0.1) is 11.8 Å². The van der Waals surface area contributed by atoms with Gasteiger partial charge in [-0.05, 0) is 287 Å². The van der Waals surface area contributed by atoms with Crippen molar-refractivity contribution in [2.45, 2.75) is 121 Å². The van der Waals surface area contributed by atoms with Gasteiger partial charge in [0.25, 0.3) is 0 Å². The number of nitrogens with zero attached hydrogens (tertiary/aromatic N) is 12. The van der Waals surface area contributed by atoms with Crippen molar-refractivity contribution in [1.82, 2.24) is 49.8 Å². The minimum atomic E-state index is -4.84. The monoisotopic (exact) mass is 2180 g/mol. The molecule has 0 amide bonds. The molecule has 8 N–H and O–H groups in total. The molecule has 2 atom stereocenters. The van der Waals surface area contributed by atoms with E-state index >= 15 is 0 Å². The summed E-state index contributed by atoms with van der Waals surface area (Å²) >= 11 is 12.4. The predicted octanol–water partition coefficient (Wildman–Crippen LogP) is 26.5. The van der Waals surface area contributed by atoms with Crippen LogP contribution in [0.15, 0.2) is 189 Å². The van der Waals surface area contributed by atoms with Crippen molar-refractivity contribution in [3.8, 4) is 0 Å². The Morgan fingerprint density at radius 3 is 1.01 bits per heavy atom. The summed E-state index contributed by atoms with van der Waals surface area (Å²) in [6.45, 7) is 21.6. The minimum absolute atomic E-state index is 0.00619. The fourth-order valence-corrected chi connectivity index (χ4v) is 20.9. The fraction of sp³-hybridized carbons (Fsp3) is 0.354. The number of hydrogen-bond donors (Lipinski definition) is 8. The Kier molecular flexibility index (Phi) is 35.4. The van der Waals surface area contributed by atoms with Crippen molar-refractivity contribution in [1.29, 1.82) is 0 Å². The number of benzene rings is 7. The van der Waals surface area contributed by atoms with Gasteiger partial charge in [-0.3, -0.25) is 0 Å². The zero-order valence-corrected chi connectivity index (χ0v) is 86.4. The molecule has 3 fully saturated rings. The van der Waals surface area contributed by atoms with Crippen molar-refractivity contribution in [2.75, 3.05) is 139 Å². The molecule has 146 heavy (non-hydrogen) atoms. The molecule has 12 aromatic rings. The molecule has 16 rings (SSSR count). The van der Waals surface area contributed by atoms with Crippen molar-refractivity contribution < 1.29 is 102 Å². The quantitative estimate of drug-likeness (QED) is 0.0218. The lowest BCUT2D eigenvalue weighted by atomic mass is 9.99. The average molecular weight is 2180 g/mol. The summed E-state index contributed by atoms with van der Waals surface area (Å²) in [5.41, 5.74) is -1.53. The number of anilines is 16. The van der Waals surface area contributed by atoms with Gasteiger partial charge in [-0.25, -0.2) is 24.9 Å². The number of nitrogens with one attached hydrogen (secondary N) is 8. The highest BCUT2D eigenvalue weighted by atomic mass is 35.5. The van der Waals surface area contributed by atoms with Gasteiger partial charge in [0.05, 0.1) is 5.56 Å². The molecule has 1 saturated heterocycles. The summed E-state index contributed by atoms with van der Waals surface area (Å²) < 4.78 is 300. The van der Waals surface area contributed by atoms with E-state index in [1.165, 1.54) is 25.3 Å². The van der Waals surface area contributed by atoms with Crippen LogP contribution < -0.4 is 78.9 Å². The van der Waals surface area contributed by atoms with Crippen LogP contribution in [0.1, 0.15) is 103 Å². The van der Waals surface area contributed by atoms with E-state index in [9.17, 15) is 102 Å². The van der Waals surface area contributed by atoms with Crippen LogP contribution in [0.3, 0.4) is 0 Å². The van der Waals surface area contributed by atoms with E-state index in [1.807, 2.05) is 0 Å². The third-order valence-corrected chi connectivity index (χ3v) is 31.6. The Labute approximate surface area is 840 Å². The molecule has 50 heteroatoms. The van der Waals surface area contributed by atoms with Gasteiger partial charge in [-0.2, -0.15) is 104 Å². The first-order chi connectivity index (χ1) is 67.8. The first-order valence-corrected chi connectivity index (χ1v) is 58.9. The average Bonchev–Trinajstić information content (AvgIpc) is 0.974. The molecule has 782 valence electrons. The molecule has 2 unspecified atom stereocenters. The Balaban J connectivity index is 0.000000163. The largest absolute Gasteiger partial charge is 0.421 e. The van der Waals surface area contributed by atoms with Gasteiger partial charge in [0.2, 0.25) is 29.7 Å². The van der Waals surface area contributed by atoms with Crippen molar-refractivity contribution in [3.63, 3.8) is 0 Å². The van der Waals surface area contributed by atoms with E-state index in [0.29, 0.717) is 105 Å². The highest BCUT2D eigenvalue weighted by Crippen LogP contribution is 2.49. The molecule has 2 aliphatic heterocycles. The molecular weight excluding hydrogens is 2080 g/mol. The van der Waals surface area contributed by atoms with Crippen LogP contribution in [0.4, 0.5) is 172 Å². The maximum absolute atomic E-state index is 13.7. The zero-order chi connectivity index (χ0) is 107. The SMILES string of the molecule is CC(C)Nc1nc(Nc2ccc(P(C)(C)=O)cc2)ncc1C(F)(F)F.CP(C)(=O)c1ccc(Nc2ncc(C(F)(F)F)c(N3CCCC3)n2)cc1.CP(C)(=O)c1ccc(Nc2ncc(C(F)(F)F)c(N3CCc4c(Cl)cc(Cl)cc4C3)n2)cc1.CP(C)(=O)c1ccc(Nc2ncc(C(F)(F)F)c(NC3CC4CCCC4C3)n2)cc1.CP(C)(=O)c1ccc(Nc2ncc(C(F)(F)F)c(Nc3cccc(C(F)(F)F)c3)n2)cc1. The molecule has 2 saturated carbocycles. The van der Waals surface area contributed by atoms with Gasteiger partial charge in [-0.15, -0.1) is 0 Å². The standard InChI is InChI=1S/C22H20Cl2F3N4OP.C21H26F3N4OP.C20H17F6N4OP.C17H20F3N4OP.C16H20F3N4OP/c1-33(2,32)16-5-3-15(4-6-16)29-21-28-11-18(22(25,26)27)20(30-21)31-8-7-17-13(12-31)9-14(23)10-19(17)24;1-30(2,29)17-8-6-15(7-9-17)27-20-25-12-18(21(22,23)24)19(28-20)26-16-10-13-4-3-5-14(13)11-16;1-32(2,31)15-8-6-13(7-9-15)29-18-27-11-16(20(24,25)26)17(30-18)28-14-5-3-4-12(10-14)19(21,22)23;1-26(2,25)13-7-5-12(6-8-13)22-16-21-11-14(17(18,19)20)15(23-16)24-9-3-4-10-24;1-10(2)21-14-13(16(17,18)19)9-20-15(23-14)22-11-5-7-12(8-6-11)25(3,4)24/h3-6,9-11H,7-8,12H2,1-2H3,(H,28,29,30);6-9,12-14,16H,3-5,10-11H2,1-2H3,(H2,25,26,27,28);3-11H,1-2H3,(H2,27,28,29,30);5-8,11H,3-4,9-10H2,1-2H3,(H,21,22,23);5-10H,1-4H3,(H2,20,21,22,23). The fourth-order valence-electron chi connectivity index (χ4n) is 16.0. The molecule has 5 aromatic heterocycles. The summed E-state index contributed by atoms with van der Waals surface area (Å²) in [5, 5.41) is 26.8. The van der Waals surface area contributed by atoms with Gasteiger partial charge >= 0.3 is 37.1 Å². The van der Waals surface area contributed by atoms with Crippen LogP contribution in [0.5, 0.6) is 0 Å². The third kappa shape index (κ3) is 31.5. The minimum Gasteiger partial charge on any atom is -0.367 e. The van der Waals surface area contributed by atoms with Gasteiger partial charge < -0.3 is 75.2 Å². The van der Waals surface area contributed by atoms with Gasteiger partial charge in [0.1, 0.15) is 92.6 Å². The summed E-state index contributed by atoms with van der Waals surface area (Å²) in [6, 6.07) is 40.6. The van der Waals surface area contributed by atoms with Crippen LogP contribution in [-0.4, -0.2) is 148 Å². The second-order valence-corrected chi connectivity index (χ2v) is 53.9. The van der Waals surface area contributed by atoms with E-state index in [-0.39, 0.29) is 77.3 Å². The summed E-state index contributed by atoms with van der Waals surface area (Å²) in [6.07, 6.45) is -16.5. The maximum Gasteiger partial charge on any atom is 0.421 e. The molecule has 4 aliphatic rings. The maximum atomic E-state index is 13.7. The Hall–Kier alpha value is -11.6. The summed E-state index contributed by atoms with van der Waals surface area (Å²) in [5.74, 6) is -0.190. The molecular formula is C96H103Cl2F18N20O5P5. The predicted molar refractivity (Wildman–Crippen MR) is 543 cm³/mol. The Morgan fingerprint density at radius 1 is 0.349 bits per heavy atom. The molecule has 0 spiro atoms. The first-order valence-electron chi connectivity index (χ1n) is 45.1. The first kappa shape index (κ1) is 113. The van der Waals surface area contributed by atoms with Crippen LogP contribution in [-0.2, 0) is 72.8 Å². The highest BCUT2D eigenvalue weighted by molar-refractivity contribution is 7.71. The number of halogens is 20. The van der Waals surface area contributed by atoms with Crippen LogP contribution in [0.2, 0.25) is 10.0 Å². The van der Waals surface area contributed by atoms with E-state index < -0.39 is 112 Å². The Bertz CT molecular complexity index is 6840. The zero-order valence-electron chi connectivity index (χ0n) is 80.4. The number of alkyl halides is 18. The molecule has 7 heterocycles. The molecule has 25 nitrogen and oxygen atoms in total. The molecule has 0 radical (unpaired) electrons. The topological polar surface area (TPSA) is 317 Å². The summed E-state index contributed by atoms with van der Waals surface area (Å²) in [7, 11) is -12.0. The lowest BCUT2D eigenvalue weighted by molar-refractivity contribution is -0.138. The van der Waals surface area contributed by atoms with Crippen molar-refractivity contribution in [2.24, 2.45) is 11.8 Å². The normalized spacial score (nSPS) is 15.7. The second-order valence-electron chi connectivity index (χ2n) is 37.0. The van der Waals surface area contributed by atoms with Gasteiger partial charge in [-0.1, -0.05) is 48.5 Å². The Morgan fingerprint density at radius 2 is 0.671 bits per heavy atom. The van der Waals surface area contributed by atoms with Gasteiger partial charge in [0.15, 0.2) is 0 Å². The third-order valence-electron chi connectivity index (χ3n) is 23.3. The lowest BCUT2D eigenvalue weighted by Gasteiger charge is -2.32. The molecule has 0 bridgehead atoms. The van der Waals surface area contributed by atoms with E-state index in [1.54, 1.807) is 224 Å². The molecule has 2 aliphatic carbocycles. The van der Waals surface area contributed by atoms with Crippen molar-refractivity contribution in [3.05, 3.63) is 243 Å². The molecule has 7 aromatic carbocycles. The van der Waals surface area contributed by atoms with E-state index in [0.717, 1.165) is 84.3 Å². The second kappa shape index (κ2) is 45.6.